The van der Waals surface area contributed by atoms with Crippen LogP contribution < -0.4 is 10.1 Å². The summed E-state index contributed by atoms with van der Waals surface area (Å²) in [5, 5.41) is 4.23. The number of carbonyl (C=O) groups is 2. The minimum absolute atomic E-state index is 0.0112. The summed E-state index contributed by atoms with van der Waals surface area (Å²) >= 11 is 12.2. The zero-order valence-electron chi connectivity index (χ0n) is 23.7. The second-order valence-corrected chi connectivity index (χ2v) is 13.0. The Morgan fingerprint density at radius 2 is 1.90 bits per heavy atom. The maximum Gasteiger partial charge on any atom is 0.308 e. The molecule has 2 aromatic rings. The van der Waals surface area contributed by atoms with Gasteiger partial charge in [0.05, 0.1) is 36.6 Å². The Kier molecular flexibility index (Phi) is 9.02. The van der Waals surface area contributed by atoms with Crippen molar-refractivity contribution in [3.63, 3.8) is 0 Å². The van der Waals surface area contributed by atoms with E-state index in [1.54, 1.807) is 12.1 Å². The zero-order chi connectivity index (χ0) is 28.4. The molecule has 1 N–H and O–H groups in total. The molecule has 2 aliphatic rings. The Labute approximate surface area is 242 Å². The van der Waals surface area contributed by atoms with E-state index in [4.69, 9.17) is 32.7 Å². The number of methoxy groups -OCH3 is 1. The lowest BCUT2D eigenvalue weighted by atomic mass is 9.54. The molecule has 1 amide bonds. The highest BCUT2D eigenvalue weighted by Gasteiger charge is 2.62. The Bertz CT molecular complexity index is 1220. The smallest absolute Gasteiger partial charge is 0.308 e. The summed E-state index contributed by atoms with van der Waals surface area (Å²) in [7, 11) is 4.17. The van der Waals surface area contributed by atoms with Crippen LogP contribution in [0, 0.1) is 5.92 Å². The minimum atomic E-state index is -0.408. The predicted molar refractivity (Wildman–Crippen MR) is 155 cm³/mol. The van der Waals surface area contributed by atoms with Gasteiger partial charge in [0.1, 0.15) is 17.9 Å². The summed E-state index contributed by atoms with van der Waals surface area (Å²) in [6.07, 6.45) is 3.55. The molecule has 1 heterocycles. The van der Waals surface area contributed by atoms with Crippen molar-refractivity contribution in [2.24, 2.45) is 5.92 Å². The average molecular weight is 577 g/mol. The number of fused-ring (bicyclic) bond motifs is 1. The molecule has 39 heavy (non-hydrogen) atoms. The fourth-order valence-electron chi connectivity index (χ4n) is 7.26. The van der Waals surface area contributed by atoms with Gasteiger partial charge in [-0.25, -0.2) is 0 Å². The van der Waals surface area contributed by atoms with Gasteiger partial charge in [0, 0.05) is 37.8 Å². The number of halogens is 2. The van der Waals surface area contributed by atoms with E-state index in [1.165, 1.54) is 6.92 Å². The number of nitrogens with zero attached hydrogens (tertiary/aromatic N) is 1. The molecular weight excluding hydrogens is 535 g/mol. The van der Waals surface area contributed by atoms with Crippen LogP contribution in [0.2, 0.25) is 10.0 Å². The molecule has 1 aliphatic heterocycles. The number of quaternary nitrogens is 1. The summed E-state index contributed by atoms with van der Waals surface area (Å²) in [6, 6.07) is 13.2. The van der Waals surface area contributed by atoms with Gasteiger partial charge < -0.3 is 19.3 Å². The first-order valence-electron chi connectivity index (χ1n) is 13.8. The number of esters is 1. The van der Waals surface area contributed by atoms with Gasteiger partial charge in [-0.3, -0.25) is 9.59 Å². The summed E-state index contributed by atoms with van der Waals surface area (Å²) in [5.41, 5.74) is 1.18. The van der Waals surface area contributed by atoms with Crippen molar-refractivity contribution in [3.8, 4) is 5.75 Å². The summed E-state index contributed by atoms with van der Waals surface area (Å²) in [5.74, 6) is 0.725. The van der Waals surface area contributed by atoms with E-state index in [-0.39, 0.29) is 29.8 Å². The van der Waals surface area contributed by atoms with Crippen LogP contribution in [0.3, 0.4) is 0 Å². The number of hydrogen-bond donors (Lipinski definition) is 1. The lowest BCUT2D eigenvalue weighted by Gasteiger charge is -2.61. The molecule has 2 fully saturated rings. The number of likely N-dealkylation sites (tertiary alicyclic amines) is 1. The van der Waals surface area contributed by atoms with Gasteiger partial charge in [0.2, 0.25) is 5.91 Å². The number of ether oxygens (including phenoxy) is 2. The van der Waals surface area contributed by atoms with E-state index in [0.29, 0.717) is 21.7 Å². The Morgan fingerprint density at radius 3 is 2.56 bits per heavy atom. The van der Waals surface area contributed by atoms with E-state index in [9.17, 15) is 9.59 Å². The van der Waals surface area contributed by atoms with E-state index in [2.05, 4.69) is 32.3 Å². The highest BCUT2D eigenvalue weighted by molar-refractivity contribution is 6.42. The standard InChI is InChI=1S/C31H40Cl2N2O4/c1-21(2)19-35(4)14-13-30(24-7-6-8-26(17-24)39-22(3)36)18-25(11-12-31(30,20-35)38-5)34-29(37)16-23-9-10-27(32)28(33)15-23/h6-10,15,17,21,25H,11-14,16,18-20H2,1-5H3/p+1/t25-,30-,31?,35+/m1/s1. The predicted octanol–water partition coefficient (Wildman–Crippen LogP) is 5.96. The number of amides is 1. The minimum Gasteiger partial charge on any atom is -0.427 e. The largest absolute Gasteiger partial charge is 0.427 e. The Morgan fingerprint density at radius 1 is 1.13 bits per heavy atom. The maximum atomic E-state index is 13.1. The SMILES string of the molecule is COC12CC[C@@H](NC(=O)Cc3ccc(Cl)c(Cl)c3)C[C@@]1(c1cccc(OC(C)=O)c1)CC[N@@+](C)(CC(C)C)C2. The highest BCUT2D eigenvalue weighted by Crippen LogP contribution is 2.55. The molecule has 1 saturated carbocycles. The van der Waals surface area contributed by atoms with Gasteiger partial charge in [-0.15, -0.1) is 0 Å². The third kappa shape index (κ3) is 6.45. The first kappa shape index (κ1) is 29.9. The van der Waals surface area contributed by atoms with Crippen LogP contribution in [0.5, 0.6) is 5.75 Å². The topological polar surface area (TPSA) is 64.6 Å². The fraction of sp³-hybridized carbons (Fsp3) is 0.548. The lowest BCUT2D eigenvalue weighted by Crippen LogP contribution is -2.72. The summed E-state index contributed by atoms with van der Waals surface area (Å²) < 4.78 is 13.0. The van der Waals surface area contributed by atoms with Crippen molar-refractivity contribution in [1.82, 2.24) is 5.32 Å². The molecule has 0 radical (unpaired) electrons. The van der Waals surface area contributed by atoms with E-state index in [0.717, 1.165) is 60.9 Å². The van der Waals surface area contributed by atoms with Gasteiger partial charge >= 0.3 is 5.97 Å². The highest BCUT2D eigenvalue weighted by atomic mass is 35.5. The average Bonchev–Trinajstić information content (AvgIpc) is 2.85. The van der Waals surface area contributed by atoms with Crippen LogP contribution in [-0.2, 0) is 26.2 Å². The van der Waals surface area contributed by atoms with E-state index < -0.39 is 5.60 Å². The number of piperidine rings is 1. The third-order valence-corrected chi connectivity index (χ3v) is 9.38. The van der Waals surface area contributed by atoms with Crippen LogP contribution in [-0.4, -0.2) is 61.8 Å². The number of likely N-dealkylation sites (N-methyl/N-ethyl adjacent to an activating group) is 1. The monoisotopic (exact) mass is 575 g/mol. The van der Waals surface area contributed by atoms with Gasteiger partial charge in [0.25, 0.3) is 0 Å². The molecule has 4 rings (SSSR count). The molecule has 0 aromatic heterocycles. The lowest BCUT2D eigenvalue weighted by molar-refractivity contribution is -0.926. The number of rotatable bonds is 8. The molecule has 2 aromatic carbocycles. The van der Waals surface area contributed by atoms with Gasteiger partial charge in [-0.05, 0) is 54.7 Å². The number of nitrogens with one attached hydrogen (secondary N) is 1. The fourth-order valence-corrected chi connectivity index (χ4v) is 7.58. The van der Waals surface area contributed by atoms with Crippen LogP contribution in [0.4, 0.5) is 0 Å². The van der Waals surface area contributed by atoms with Crippen LogP contribution >= 0.6 is 23.2 Å². The number of carbonyl (C=O) groups excluding carboxylic acids is 2. The van der Waals surface area contributed by atoms with E-state index in [1.807, 2.05) is 31.4 Å². The van der Waals surface area contributed by atoms with Crippen LogP contribution in [0.15, 0.2) is 42.5 Å². The molecule has 212 valence electrons. The van der Waals surface area contributed by atoms with Crippen molar-refractivity contribution in [1.29, 1.82) is 0 Å². The van der Waals surface area contributed by atoms with Gasteiger partial charge in [-0.2, -0.15) is 0 Å². The van der Waals surface area contributed by atoms with Crippen molar-refractivity contribution in [3.05, 3.63) is 63.6 Å². The van der Waals surface area contributed by atoms with Crippen molar-refractivity contribution in [2.45, 2.75) is 69.9 Å². The van der Waals surface area contributed by atoms with Gasteiger partial charge in [-0.1, -0.05) is 55.2 Å². The molecule has 4 atom stereocenters. The molecule has 0 bridgehead atoms. The molecule has 1 saturated heterocycles. The molecular formula is C31H41Cl2N2O4+. The van der Waals surface area contributed by atoms with Crippen molar-refractivity contribution >= 4 is 35.1 Å². The number of benzene rings is 2. The molecule has 1 aliphatic carbocycles. The maximum absolute atomic E-state index is 13.1. The second kappa shape index (κ2) is 11.8. The summed E-state index contributed by atoms with van der Waals surface area (Å²) in [4.78, 5) is 24.9. The second-order valence-electron chi connectivity index (χ2n) is 12.2. The van der Waals surface area contributed by atoms with Crippen molar-refractivity contribution < 1.29 is 23.5 Å². The Hall–Kier alpha value is -2.12. The van der Waals surface area contributed by atoms with Crippen LogP contribution in [0.1, 0.15) is 57.6 Å². The zero-order valence-corrected chi connectivity index (χ0v) is 25.2. The van der Waals surface area contributed by atoms with Crippen molar-refractivity contribution in [2.75, 3.05) is 33.8 Å². The molecule has 0 spiro atoms. The molecule has 8 heteroatoms. The molecule has 1 unspecified atom stereocenters. The molecule has 6 nitrogen and oxygen atoms in total. The van der Waals surface area contributed by atoms with E-state index >= 15 is 0 Å². The van der Waals surface area contributed by atoms with Crippen LogP contribution in [0.25, 0.3) is 0 Å². The first-order valence-corrected chi connectivity index (χ1v) is 14.6. The summed E-state index contributed by atoms with van der Waals surface area (Å²) in [6.45, 7) is 8.94. The first-order chi connectivity index (χ1) is 18.4. The number of hydrogen-bond acceptors (Lipinski definition) is 4. The normalized spacial score (nSPS) is 28.6. The third-order valence-electron chi connectivity index (χ3n) is 8.64. The quantitative estimate of drug-likeness (QED) is 0.239. The van der Waals surface area contributed by atoms with Gasteiger partial charge in [0.15, 0.2) is 0 Å². The Balaban J connectivity index is 1.65.